The average molecular weight is 307 g/mol. The zero-order valence-electron chi connectivity index (χ0n) is 12.3. The lowest BCUT2D eigenvalue weighted by Gasteiger charge is -2.10. The molecule has 3 nitrogen and oxygen atoms in total. The summed E-state index contributed by atoms with van der Waals surface area (Å²) in [4.78, 5) is 15.4. The highest BCUT2D eigenvalue weighted by Crippen LogP contribution is 2.41. The number of halogens is 1. The maximum absolute atomic E-state index is 14.3. The van der Waals surface area contributed by atoms with Gasteiger partial charge in [0.25, 0.3) is 0 Å². The van der Waals surface area contributed by atoms with Gasteiger partial charge >= 0.3 is 5.97 Å². The highest BCUT2D eigenvalue weighted by Gasteiger charge is 2.26. The minimum absolute atomic E-state index is 0.196. The average Bonchev–Trinajstić information content (AvgIpc) is 3.39. The van der Waals surface area contributed by atoms with E-state index >= 15 is 0 Å². The van der Waals surface area contributed by atoms with E-state index in [1.54, 1.807) is 24.3 Å². The van der Waals surface area contributed by atoms with Crippen LogP contribution in [-0.4, -0.2) is 16.1 Å². The van der Waals surface area contributed by atoms with E-state index < -0.39 is 5.97 Å². The highest BCUT2D eigenvalue weighted by molar-refractivity contribution is 6.01. The van der Waals surface area contributed by atoms with Gasteiger partial charge in [-0.15, -0.1) is 0 Å². The van der Waals surface area contributed by atoms with E-state index in [1.807, 2.05) is 18.2 Å². The largest absolute Gasteiger partial charge is 0.478 e. The van der Waals surface area contributed by atoms with Crippen LogP contribution in [0, 0.1) is 5.82 Å². The van der Waals surface area contributed by atoms with Gasteiger partial charge in [0.2, 0.25) is 0 Å². The zero-order chi connectivity index (χ0) is 16.0. The van der Waals surface area contributed by atoms with E-state index in [-0.39, 0.29) is 11.4 Å². The van der Waals surface area contributed by atoms with Gasteiger partial charge in [-0.05, 0) is 47.4 Å². The summed E-state index contributed by atoms with van der Waals surface area (Å²) in [6, 6.07) is 12.3. The van der Waals surface area contributed by atoms with E-state index in [4.69, 9.17) is 0 Å². The van der Waals surface area contributed by atoms with Gasteiger partial charge in [0.1, 0.15) is 5.82 Å². The molecule has 1 aliphatic carbocycles. The number of carboxylic acid groups (broad SMARTS) is 1. The van der Waals surface area contributed by atoms with E-state index in [0.29, 0.717) is 17.0 Å². The van der Waals surface area contributed by atoms with Crippen molar-refractivity contribution < 1.29 is 14.3 Å². The second kappa shape index (κ2) is 5.16. The lowest BCUT2D eigenvalue weighted by atomic mass is 9.96. The molecule has 0 radical (unpaired) electrons. The number of aromatic carboxylic acids is 1. The molecule has 114 valence electrons. The molecule has 3 aromatic rings. The molecule has 0 unspecified atom stereocenters. The van der Waals surface area contributed by atoms with E-state index in [9.17, 15) is 14.3 Å². The lowest BCUT2D eigenvalue weighted by Crippen LogP contribution is -1.97. The standard InChI is InChI=1S/C19H14FNO2/c20-17-10-21-18(12-5-6-12)9-16(17)14-3-1-2-11-4-7-13(19(22)23)8-15(11)14/h1-4,7-10,12H,5-6H2,(H,22,23). The molecule has 1 fully saturated rings. The smallest absolute Gasteiger partial charge is 0.335 e. The van der Waals surface area contributed by atoms with Crippen LogP contribution >= 0.6 is 0 Å². The number of carbonyl (C=O) groups is 1. The van der Waals surface area contributed by atoms with Gasteiger partial charge in [-0.2, -0.15) is 0 Å². The molecule has 0 atom stereocenters. The fourth-order valence-corrected chi connectivity index (χ4v) is 2.90. The molecule has 0 spiro atoms. The molecule has 23 heavy (non-hydrogen) atoms. The Bertz CT molecular complexity index is 932. The van der Waals surface area contributed by atoms with Gasteiger partial charge in [0.15, 0.2) is 0 Å². The lowest BCUT2D eigenvalue weighted by molar-refractivity contribution is 0.0697. The first-order chi connectivity index (χ1) is 11.1. The molecule has 1 saturated carbocycles. The molecule has 4 rings (SSSR count). The topological polar surface area (TPSA) is 50.2 Å². The molecule has 1 aromatic heterocycles. The highest BCUT2D eigenvalue weighted by atomic mass is 19.1. The van der Waals surface area contributed by atoms with Crippen molar-refractivity contribution in [2.45, 2.75) is 18.8 Å². The minimum Gasteiger partial charge on any atom is -0.478 e. The Hall–Kier alpha value is -2.75. The zero-order valence-corrected chi connectivity index (χ0v) is 12.3. The third kappa shape index (κ3) is 2.46. The molecule has 1 aliphatic rings. The molecule has 0 saturated heterocycles. The summed E-state index contributed by atoms with van der Waals surface area (Å²) in [5.41, 5.74) is 2.29. The van der Waals surface area contributed by atoms with Crippen molar-refractivity contribution in [3.05, 3.63) is 65.7 Å². The molecule has 1 N–H and O–H groups in total. The van der Waals surface area contributed by atoms with Crippen LogP contribution in [-0.2, 0) is 0 Å². The SMILES string of the molecule is O=C(O)c1ccc2cccc(-c3cc(C4CC4)ncc3F)c2c1. The maximum atomic E-state index is 14.3. The Morgan fingerprint density at radius 3 is 2.70 bits per heavy atom. The predicted molar refractivity (Wildman–Crippen MR) is 86.1 cm³/mol. The second-order valence-corrected chi connectivity index (χ2v) is 5.91. The number of benzene rings is 2. The van der Waals surface area contributed by atoms with Crippen molar-refractivity contribution >= 4 is 16.7 Å². The van der Waals surface area contributed by atoms with Crippen molar-refractivity contribution in [1.82, 2.24) is 4.98 Å². The number of rotatable bonds is 3. The monoisotopic (exact) mass is 307 g/mol. The summed E-state index contributed by atoms with van der Waals surface area (Å²) in [6.07, 6.45) is 3.45. The molecule has 2 aromatic carbocycles. The summed E-state index contributed by atoms with van der Waals surface area (Å²) in [5.74, 6) is -0.947. The van der Waals surface area contributed by atoms with Gasteiger partial charge in [-0.25, -0.2) is 9.18 Å². The fraction of sp³-hybridized carbons (Fsp3) is 0.158. The van der Waals surface area contributed by atoms with Crippen molar-refractivity contribution in [3.8, 4) is 11.1 Å². The quantitative estimate of drug-likeness (QED) is 0.768. The van der Waals surface area contributed by atoms with Crippen molar-refractivity contribution in [2.24, 2.45) is 0 Å². The Labute approximate surface area is 132 Å². The van der Waals surface area contributed by atoms with Crippen LogP contribution in [0.25, 0.3) is 21.9 Å². The van der Waals surface area contributed by atoms with Crippen LogP contribution in [0.4, 0.5) is 4.39 Å². The summed E-state index contributed by atoms with van der Waals surface area (Å²) in [6.45, 7) is 0. The van der Waals surface area contributed by atoms with Gasteiger partial charge in [-0.1, -0.05) is 24.3 Å². The predicted octanol–water partition coefficient (Wildman–Crippen LogP) is 4.62. The van der Waals surface area contributed by atoms with Crippen LogP contribution in [0.15, 0.2) is 48.7 Å². The van der Waals surface area contributed by atoms with Crippen molar-refractivity contribution in [3.63, 3.8) is 0 Å². The van der Waals surface area contributed by atoms with Crippen molar-refractivity contribution in [1.29, 1.82) is 0 Å². The van der Waals surface area contributed by atoms with Crippen LogP contribution < -0.4 is 0 Å². The van der Waals surface area contributed by atoms with E-state index in [1.165, 1.54) is 6.20 Å². The van der Waals surface area contributed by atoms with Crippen LogP contribution in [0.2, 0.25) is 0 Å². The Morgan fingerprint density at radius 1 is 1.13 bits per heavy atom. The molecule has 1 heterocycles. The summed E-state index contributed by atoms with van der Waals surface area (Å²) < 4.78 is 14.3. The fourth-order valence-electron chi connectivity index (χ4n) is 2.90. The van der Waals surface area contributed by atoms with Crippen LogP contribution in [0.1, 0.15) is 34.8 Å². The number of nitrogens with zero attached hydrogens (tertiary/aromatic N) is 1. The Morgan fingerprint density at radius 2 is 1.96 bits per heavy atom. The number of hydrogen-bond donors (Lipinski definition) is 1. The Kier molecular flexibility index (Phi) is 3.11. The Balaban J connectivity index is 1.96. The third-order valence-electron chi connectivity index (χ3n) is 4.29. The number of hydrogen-bond acceptors (Lipinski definition) is 2. The normalized spacial score (nSPS) is 14.1. The summed E-state index contributed by atoms with van der Waals surface area (Å²) in [5, 5.41) is 10.8. The molecular formula is C19H14FNO2. The first-order valence-electron chi connectivity index (χ1n) is 7.55. The minimum atomic E-state index is -0.990. The first-order valence-corrected chi connectivity index (χ1v) is 7.55. The van der Waals surface area contributed by atoms with Gasteiger partial charge in [-0.3, -0.25) is 4.98 Å². The first kappa shape index (κ1) is 13.9. The van der Waals surface area contributed by atoms with E-state index in [0.717, 1.165) is 29.3 Å². The summed E-state index contributed by atoms with van der Waals surface area (Å²) >= 11 is 0. The third-order valence-corrected chi connectivity index (χ3v) is 4.29. The van der Waals surface area contributed by atoms with Gasteiger partial charge in [0.05, 0.1) is 11.8 Å². The second-order valence-electron chi connectivity index (χ2n) is 5.91. The summed E-state index contributed by atoms with van der Waals surface area (Å²) in [7, 11) is 0. The number of fused-ring (bicyclic) bond motifs is 1. The maximum Gasteiger partial charge on any atom is 0.335 e. The van der Waals surface area contributed by atoms with Gasteiger partial charge in [0, 0.05) is 17.2 Å². The molecule has 4 heteroatoms. The molecular weight excluding hydrogens is 293 g/mol. The van der Waals surface area contributed by atoms with Crippen LogP contribution in [0.3, 0.4) is 0 Å². The molecule has 0 bridgehead atoms. The van der Waals surface area contributed by atoms with Gasteiger partial charge < -0.3 is 5.11 Å². The number of aromatic nitrogens is 1. The number of carboxylic acids is 1. The molecule has 0 amide bonds. The molecule has 0 aliphatic heterocycles. The van der Waals surface area contributed by atoms with Crippen molar-refractivity contribution in [2.75, 3.05) is 0 Å². The van der Waals surface area contributed by atoms with Crippen LogP contribution in [0.5, 0.6) is 0 Å². The number of pyridine rings is 1. The van der Waals surface area contributed by atoms with E-state index in [2.05, 4.69) is 4.98 Å².